The Morgan fingerprint density at radius 2 is 0.614 bits per heavy atom. The molecule has 0 unspecified atom stereocenters. The van der Waals surface area contributed by atoms with Gasteiger partial charge in [0.2, 0.25) is 0 Å². The van der Waals surface area contributed by atoms with Crippen molar-refractivity contribution in [3.05, 3.63) is 257 Å². The van der Waals surface area contributed by atoms with Gasteiger partial charge in [0.25, 0.3) is 6.71 Å². The van der Waals surface area contributed by atoms with Gasteiger partial charge in [0.05, 0.1) is 22.1 Å². The second kappa shape index (κ2) is 20.4. The molecule has 404 valence electrons. The molecule has 4 heteroatoms. The molecule has 0 saturated carbocycles. The summed E-state index contributed by atoms with van der Waals surface area (Å²) >= 11 is 0. The molecule has 0 bridgehead atoms. The van der Waals surface area contributed by atoms with E-state index in [1.165, 1.54) is 143 Å². The maximum Gasteiger partial charge on any atom is 0.251 e. The zero-order valence-electron chi connectivity index (χ0n) is 49.4. The fraction of sp³-hybridized carbons (Fsp3) is 0.165. The Labute approximate surface area is 489 Å². The summed E-state index contributed by atoms with van der Waals surface area (Å²) in [5.74, 6) is 2.76. The highest BCUT2D eigenvalue weighted by Crippen LogP contribution is 2.44. The SMILES string of the molecule is Cc1cc(-c2ccccc2)cc2c3cc(-c4ccccc4)cc(C)c3n(-c3ccc4c(c3)Oc3cc(-n5c6c(C)cc(-c7ccccc7)cc6c6cc(-c7ccccc7)cc(C)c65)ccc3B4c3c(C(C)C)cc(C(C)C)cc3C(C)C)c12. The molecule has 0 radical (unpaired) electrons. The smallest absolute Gasteiger partial charge is 0.251 e. The summed E-state index contributed by atoms with van der Waals surface area (Å²) in [6, 6.07) is 81.7. The summed E-state index contributed by atoms with van der Waals surface area (Å²) in [4.78, 5) is 0. The molecule has 2 aromatic heterocycles. The maximum absolute atomic E-state index is 7.62. The molecule has 11 aromatic carbocycles. The third-order valence-corrected chi connectivity index (χ3v) is 17.9. The van der Waals surface area contributed by atoms with Gasteiger partial charge in [0, 0.05) is 45.1 Å². The zero-order valence-corrected chi connectivity index (χ0v) is 49.4. The van der Waals surface area contributed by atoms with Crippen LogP contribution in [0, 0.1) is 27.7 Å². The van der Waals surface area contributed by atoms with Crippen LogP contribution < -0.4 is 21.1 Å². The Morgan fingerprint density at radius 1 is 0.313 bits per heavy atom. The first-order valence-electron chi connectivity index (χ1n) is 29.8. The quantitative estimate of drug-likeness (QED) is 0.125. The fourth-order valence-electron chi connectivity index (χ4n) is 14.0. The summed E-state index contributed by atoms with van der Waals surface area (Å²) in [5.41, 5.74) is 29.6. The van der Waals surface area contributed by atoms with E-state index >= 15 is 0 Å². The first-order valence-corrected chi connectivity index (χ1v) is 29.8. The van der Waals surface area contributed by atoms with E-state index in [9.17, 15) is 0 Å². The second-order valence-corrected chi connectivity index (χ2v) is 24.4. The predicted molar refractivity (Wildman–Crippen MR) is 356 cm³/mol. The maximum atomic E-state index is 7.62. The minimum Gasteiger partial charge on any atom is -0.458 e. The largest absolute Gasteiger partial charge is 0.458 e. The molecule has 0 fully saturated rings. The van der Waals surface area contributed by atoms with Gasteiger partial charge in [-0.25, -0.2) is 0 Å². The number of benzene rings is 11. The lowest BCUT2D eigenvalue weighted by Gasteiger charge is -2.33. The molecule has 1 aliphatic heterocycles. The number of ether oxygens (including phenoxy) is 1. The standard InChI is InChI=1S/C79H69BN2O/c1-47(2)58-39-65(48(3)4)75(66(40-58)49(5)6)80-71-33-31-63(81-76-50(7)35-59(54-23-15-11-16-24-54)41-67(76)68-42-60(36-51(8)77(68)81)55-25-17-12-18-26-55)45-73(71)83-74-46-64(32-34-72(74)80)82-78-52(9)37-61(56-27-19-13-20-28-56)43-69(78)70-44-62(38-53(10)79(70)82)57-29-21-14-22-30-57/h11-49H,1-10H3. The lowest BCUT2D eigenvalue weighted by atomic mass is 9.34. The van der Waals surface area contributed by atoms with Crippen LogP contribution in [-0.2, 0) is 0 Å². The highest BCUT2D eigenvalue weighted by atomic mass is 16.5. The number of nitrogens with zero attached hydrogens (tertiary/aromatic N) is 2. The first-order chi connectivity index (χ1) is 40.3. The van der Waals surface area contributed by atoms with Gasteiger partial charge >= 0.3 is 0 Å². The van der Waals surface area contributed by atoms with Gasteiger partial charge in [0.15, 0.2) is 0 Å². The third-order valence-electron chi connectivity index (χ3n) is 17.9. The van der Waals surface area contributed by atoms with Crippen molar-refractivity contribution >= 4 is 66.7 Å². The van der Waals surface area contributed by atoms with E-state index in [0.717, 1.165) is 22.9 Å². The van der Waals surface area contributed by atoms with Gasteiger partial charge in [0.1, 0.15) is 11.5 Å². The summed E-state index contributed by atoms with van der Waals surface area (Å²) in [6.45, 7) is 23.2. The van der Waals surface area contributed by atoms with Crippen LogP contribution in [0.15, 0.2) is 218 Å². The topological polar surface area (TPSA) is 19.1 Å². The minimum atomic E-state index is -0.0835. The van der Waals surface area contributed by atoms with Gasteiger partial charge in [-0.1, -0.05) is 193 Å². The van der Waals surface area contributed by atoms with Crippen molar-refractivity contribution in [2.75, 3.05) is 0 Å². The molecular formula is C79H69BN2O. The van der Waals surface area contributed by atoms with Gasteiger partial charge < -0.3 is 13.9 Å². The Kier molecular flexibility index (Phi) is 12.8. The van der Waals surface area contributed by atoms with E-state index in [0.29, 0.717) is 17.8 Å². The summed E-state index contributed by atoms with van der Waals surface area (Å²) < 4.78 is 12.7. The highest BCUT2D eigenvalue weighted by Gasteiger charge is 2.38. The predicted octanol–water partition coefficient (Wildman–Crippen LogP) is 19.8. The molecule has 0 aliphatic carbocycles. The molecule has 0 spiro atoms. The van der Waals surface area contributed by atoms with Crippen LogP contribution in [0.4, 0.5) is 0 Å². The average molecular weight is 1070 g/mol. The lowest BCUT2D eigenvalue weighted by Crippen LogP contribution is -2.57. The lowest BCUT2D eigenvalue weighted by molar-refractivity contribution is 0.487. The number of fused-ring (bicyclic) bond motifs is 8. The monoisotopic (exact) mass is 1070 g/mol. The van der Waals surface area contributed by atoms with Crippen LogP contribution in [0.3, 0.4) is 0 Å². The molecule has 14 rings (SSSR count). The zero-order chi connectivity index (χ0) is 56.9. The van der Waals surface area contributed by atoms with Gasteiger partial charge in [-0.15, -0.1) is 0 Å². The van der Waals surface area contributed by atoms with E-state index in [1.54, 1.807) is 0 Å². The Balaban J connectivity index is 1.02. The average Bonchev–Trinajstić information content (AvgIpc) is 2.79. The van der Waals surface area contributed by atoms with Gasteiger partial charge in [-0.2, -0.15) is 0 Å². The van der Waals surface area contributed by atoms with Crippen LogP contribution in [0.25, 0.3) is 99.5 Å². The van der Waals surface area contributed by atoms with Crippen LogP contribution in [0.1, 0.15) is 98.2 Å². The summed E-state index contributed by atoms with van der Waals surface area (Å²) in [6.07, 6.45) is 0. The molecule has 3 heterocycles. The van der Waals surface area contributed by atoms with Crippen molar-refractivity contribution in [2.24, 2.45) is 0 Å². The molecule has 1 aliphatic rings. The van der Waals surface area contributed by atoms with Crippen molar-refractivity contribution in [2.45, 2.75) is 87.0 Å². The number of hydrogen-bond donors (Lipinski definition) is 0. The number of hydrogen-bond acceptors (Lipinski definition) is 1. The van der Waals surface area contributed by atoms with Crippen molar-refractivity contribution in [1.82, 2.24) is 9.13 Å². The van der Waals surface area contributed by atoms with Gasteiger partial charge in [-0.05, 0) is 200 Å². The Morgan fingerprint density at radius 3 is 0.892 bits per heavy atom. The van der Waals surface area contributed by atoms with Crippen LogP contribution in [-0.4, -0.2) is 15.8 Å². The van der Waals surface area contributed by atoms with Crippen molar-refractivity contribution in [3.8, 4) is 67.4 Å². The molecule has 0 amide bonds. The van der Waals surface area contributed by atoms with Gasteiger partial charge in [-0.3, -0.25) is 0 Å². The van der Waals surface area contributed by atoms with Crippen LogP contribution >= 0.6 is 0 Å². The highest BCUT2D eigenvalue weighted by molar-refractivity contribution is 6.97. The normalized spacial score (nSPS) is 12.4. The number of aromatic nitrogens is 2. The molecule has 3 nitrogen and oxygen atoms in total. The van der Waals surface area contributed by atoms with E-state index in [-0.39, 0.29) is 6.71 Å². The van der Waals surface area contributed by atoms with E-state index in [1.807, 2.05) is 0 Å². The second-order valence-electron chi connectivity index (χ2n) is 24.4. The van der Waals surface area contributed by atoms with E-state index in [4.69, 9.17) is 4.74 Å². The fourth-order valence-corrected chi connectivity index (χ4v) is 14.0. The van der Waals surface area contributed by atoms with Crippen molar-refractivity contribution < 1.29 is 4.74 Å². The van der Waals surface area contributed by atoms with Crippen LogP contribution in [0.5, 0.6) is 11.5 Å². The van der Waals surface area contributed by atoms with E-state index in [2.05, 4.69) is 297 Å². The summed E-state index contributed by atoms with van der Waals surface area (Å²) in [7, 11) is 0. The Bertz CT molecular complexity index is 4200. The summed E-state index contributed by atoms with van der Waals surface area (Å²) in [5, 5.41) is 4.96. The van der Waals surface area contributed by atoms with Crippen LogP contribution in [0.2, 0.25) is 0 Å². The molecule has 0 saturated heterocycles. The number of aryl methyl sites for hydroxylation is 4. The molecular weight excluding hydrogens is 1000 g/mol. The van der Waals surface area contributed by atoms with E-state index < -0.39 is 0 Å². The molecule has 0 N–H and O–H groups in total. The van der Waals surface area contributed by atoms with Crippen molar-refractivity contribution in [1.29, 1.82) is 0 Å². The molecule has 83 heavy (non-hydrogen) atoms. The molecule has 13 aromatic rings. The molecule has 0 atom stereocenters. The Hall–Kier alpha value is -9.12. The third kappa shape index (κ3) is 8.72. The first kappa shape index (κ1) is 52.0. The number of rotatable bonds is 10. The van der Waals surface area contributed by atoms with Crippen molar-refractivity contribution in [3.63, 3.8) is 0 Å². The minimum absolute atomic E-state index is 0.0835.